The second-order valence-electron chi connectivity index (χ2n) is 5.89. The minimum Gasteiger partial charge on any atom is -0.448 e. The van der Waals surface area contributed by atoms with Crippen molar-refractivity contribution in [3.05, 3.63) is 97.3 Å². The molecule has 0 bridgehead atoms. The maximum Gasteiger partial charge on any atom is 0.272 e. The van der Waals surface area contributed by atoms with Crippen LogP contribution in [0.5, 0.6) is 0 Å². The number of aromatic amines is 2. The minimum atomic E-state index is -0.404. The Bertz CT molecular complexity index is 1340. The Hall–Kier alpha value is -3.67. The van der Waals surface area contributed by atoms with Crippen LogP contribution in [0, 0.1) is 6.92 Å². The number of oxazole rings is 1. The van der Waals surface area contributed by atoms with Gasteiger partial charge in [-0.1, -0.05) is 42.5 Å². The standard InChI is InChI=1S/C20H15N3O3/c1-12-16(21-11-26-12)10-18-20(25)22-17(19(24)23-18)9-14-7-4-6-13-5-2-3-8-15(13)14/h2-11H,1H3,(H,22,25)(H,23,24)/b17-9-,18-10-. The van der Waals surface area contributed by atoms with Gasteiger partial charge in [-0.15, -0.1) is 0 Å². The van der Waals surface area contributed by atoms with Gasteiger partial charge in [-0.2, -0.15) is 0 Å². The number of H-pyrrole nitrogens is 2. The zero-order valence-electron chi connectivity index (χ0n) is 13.9. The summed E-state index contributed by atoms with van der Waals surface area (Å²) in [6, 6.07) is 13.7. The van der Waals surface area contributed by atoms with E-state index in [9.17, 15) is 9.59 Å². The van der Waals surface area contributed by atoms with Gasteiger partial charge in [-0.3, -0.25) is 9.59 Å². The van der Waals surface area contributed by atoms with E-state index in [0.29, 0.717) is 11.5 Å². The Morgan fingerprint density at radius 1 is 0.923 bits per heavy atom. The van der Waals surface area contributed by atoms with Gasteiger partial charge in [-0.25, -0.2) is 4.98 Å². The Kier molecular flexibility index (Phi) is 3.85. The molecule has 2 heterocycles. The molecule has 0 aliphatic heterocycles. The fraction of sp³-hybridized carbons (Fsp3) is 0.0500. The Balaban J connectivity index is 1.91. The number of hydrogen-bond donors (Lipinski definition) is 2. The molecule has 0 atom stereocenters. The van der Waals surface area contributed by atoms with E-state index in [2.05, 4.69) is 15.0 Å². The lowest BCUT2D eigenvalue weighted by Crippen LogP contribution is -2.46. The fourth-order valence-electron chi connectivity index (χ4n) is 2.82. The van der Waals surface area contributed by atoms with Crippen molar-refractivity contribution in [3.63, 3.8) is 0 Å². The highest BCUT2D eigenvalue weighted by atomic mass is 16.3. The van der Waals surface area contributed by atoms with Crippen molar-refractivity contribution < 1.29 is 4.42 Å². The molecule has 0 aliphatic rings. The largest absolute Gasteiger partial charge is 0.448 e. The normalized spacial score (nSPS) is 12.8. The lowest BCUT2D eigenvalue weighted by Gasteiger charge is -2.01. The molecule has 0 saturated heterocycles. The van der Waals surface area contributed by atoms with Crippen LogP contribution in [0.15, 0.2) is 62.9 Å². The van der Waals surface area contributed by atoms with Gasteiger partial charge in [0, 0.05) is 0 Å². The molecule has 0 unspecified atom stereocenters. The molecule has 2 aromatic heterocycles. The number of nitrogens with zero attached hydrogens (tertiary/aromatic N) is 1. The molecule has 2 aromatic carbocycles. The van der Waals surface area contributed by atoms with E-state index in [1.54, 1.807) is 13.0 Å². The highest BCUT2D eigenvalue weighted by Crippen LogP contribution is 2.18. The summed E-state index contributed by atoms with van der Waals surface area (Å²) in [6.45, 7) is 1.73. The van der Waals surface area contributed by atoms with E-state index in [1.165, 1.54) is 12.5 Å². The predicted molar refractivity (Wildman–Crippen MR) is 99.3 cm³/mol. The molecule has 0 spiro atoms. The number of aromatic nitrogens is 3. The first kappa shape index (κ1) is 15.8. The Labute approximate surface area is 147 Å². The molecule has 6 nitrogen and oxygen atoms in total. The van der Waals surface area contributed by atoms with Crippen molar-refractivity contribution in [2.75, 3.05) is 0 Å². The molecular formula is C20H15N3O3. The lowest BCUT2D eigenvalue weighted by molar-refractivity contribution is 0.526. The van der Waals surface area contributed by atoms with Gasteiger partial charge in [-0.05, 0) is 35.4 Å². The van der Waals surface area contributed by atoms with Crippen molar-refractivity contribution in [1.29, 1.82) is 0 Å². The van der Waals surface area contributed by atoms with E-state index in [4.69, 9.17) is 4.42 Å². The van der Waals surface area contributed by atoms with Crippen LogP contribution in [0.3, 0.4) is 0 Å². The first-order valence-electron chi connectivity index (χ1n) is 8.06. The summed E-state index contributed by atoms with van der Waals surface area (Å²) in [5, 5.41) is 2.39. The lowest BCUT2D eigenvalue weighted by atomic mass is 10.0. The Morgan fingerprint density at radius 2 is 1.62 bits per heavy atom. The van der Waals surface area contributed by atoms with Crippen LogP contribution >= 0.6 is 0 Å². The minimum absolute atomic E-state index is 0.127. The monoisotopic (exact) mass is 345 g/mol. The molecule has 26 heavy (non-hydrogen) atoms. The summed E-state index contributed by atoms with van der Waals surface area (Å²) in [5.41, 5.74) is 0.564. The molecule has 4 aromatic rings. The third-order valence-electron chi connectivity index (χ3n) is 4.17. The topological polar surface area (TPSA) is 91.8 Å². The number of fused-ring (bicyclic) bond motifs is 1. The molecule has 4 rings (SSSR count). The van der Waals surface area contributed by atoms with Crippen LogP contribution in [0.4, 0.5) is 0 Å². The quantitative estimate of drug-likeness (QED) is 0.570. The number of benzene rings is 2. The van der Waals surface area contributed by atoms with Gasteiger partial charge in [0.1, 0.15) is 22.2 Å². The molecule has 0 fully saturated rings. The van der Waals surface area contributed by atoms with Crippen LogP contribution in [-0.4, -0.2) is 15.0 Å². The molecule has 6 heteroatoms. The molecule has 0 radical (unpaired) electrons. The summed E-state index contributed by atoms with van der Waals surface area (Å²) in [7, 11) is 0. The highest BCUT2D eigenvalue weighted by Gasteiger charge is 2.02. The van der Waals surface area contributed by atoms with Gasteiger partial charge in [0.05, 0.1) is 0 Å². The van der Waals surface area contributed by atoms with Gasteiger partial charge < -0.3 is 14.4 Å². The number of hydrogen-bond acceptors (Lipinski definition) is 4. The molecular weight excluding hydrogens is 330 g/mol. The van der Waals surface area contributed by atoms with Gasteiger partial charge in [0.15, 0.2) is 6.39 Å². The molecule has 0 amide bonds. The first-order valence-corrected chi connectivity index (χ1v) is 8.06. The fourth-order valence-corrected chi connectivity index (χ4v) is 2.82. The Morgan fingerprint density at radius 3 is 2.35 bits per heavy atom. The van der Waals surface area contributed by atoms with Crippen LogP contribution in [-0.2, 0) is 0 Å². The van der Waals surface area contributed by atoms with E-state index >= 15 is 0 Å². The molecule has 0 aliphatic carbocycles. The van der Waals surface area contributed by atoms with E-state index in [1.807, 2.05) is 42.5 Å². The van der Waals surface area contributed by atoms with Crippen LogP contribution in [0.1, 0.15) is 17.0 Å². The highest BCUT2D eigenvalue weighted by molar-refractivity contribution is 5.90. The van der Waals surface area contributed by atoms with Crippen molar-refractivity contribution in [3.8, 4) is 0 Å². The number of aryl methyl sites for hydroxylation is 1. The van der Waals surface area contributed by atoms with E-state index < -0.39 is 5.56 Å². The van der Waals surface area contributed by atoms with Crippen LogP contribution < -0.4 is 21.8 Å². The van der Waals surface area contributed by atoms with Crippen molar-refractivity contribution >= 4 is 22.9 Å². The van der Waals surface area contributed by atoms with Crippen molar-refractivity contribution in [2.24, 2.45) is 0 Å². The third kappa shape index (κ3) is 2.88. The van der Waals surface area contributed by atoms with Crippen LogP contribution in [0.25, 0.3) is 22.9 Å². The molecule has 128 valence electrons. The van der Waals surface area contributed by atoms with Crippen molar-refractivity contribution in [1.82, 2.24) is 15.0 Å². The summed E-state index contributed by atoms with van der Waals surface area (Å²) in [4.78, 5) is 34.0. The second-order valence-corrected chi connectivity index (χ2v) is 5.89. The third-order valence-corrected chi connectivity index (χ3v) is 4.17. The number of nitrogens with one attached hydrogen (secondary N) is 2. The zero-order chi connectivity index (χ0) is 18.1. The first-order chi connectivity index (χ1) is 12.6. The summed E-state index contributed by atoms with van der Waals surface area (Å²) < 4.78 is 5.10. The molecule has 2 N–H and O–H groups in total. The van der Waals surface area contributed by atoms with E-state index in [-0.39, 0.29) is 16.3 Å². The summed E-state index contributed by atoms with van der Waals surface area (Å²) in [5.74, 6) is 0.566. The smallest absolute Gasteiger partial charge is 0.272 e. The average molecular weight is 345 g/mol. The van der Waals surface area contributed by atoms with Gasteiger partial charge in [0.2, 0.25) is 0 Å². The molecule has 0 saturated carbocycles. The maximum absolute atomic E-state index is 12.4. The SMILES string of the molecule is Cc1ocnc1/C=c1\[nH]c(=O)/c(=C/c2cccc3ccccc23)[nH]c1=O. The average Bonchev–Trinajstić information content (AvgIpc) is 3.04. The van der Waals surface area contributed by atoms with E-state index in [0.717, 1.165) is 16.3 Å². The summed E-state index contributed by atoms with van der Waals surface area (Å²) >= 11 is 0. The van der Waals surface area contributed by atoms with Crippen LogP contribution in [0.2, 0.25) is 0 Å². The second kappa shape index (κ2) is 6.33. The number of rotatable bonds is 2. The van der Waals surface area contributed by atoms with Gasteiger partial charge in [0.25, 0.3) is 11.1 Å². The predicted octanol–water partition coefficient (Wildman–Crippen LogP) is 1.17. The zero-order valence-corrected chi connectivity index (χ0v) is 13.9. The summed E-state index contributed by atoms with van der Waals surface area (Å²) in [6.07, 6.45) is 4.45. The van der Waals surface area contributed by atoms with Crippen molar-refractivity contribution in [2.45, 2.75) is 6.92 Å². The maximum atomic E-state index is 12.4. The van der Waals surface area contributed by atoms with Gasteiger partial charge >= 0.3 is 0 Å².